The predicted molar refractivity (Wildman–Crippen MR) is 73.1 cm³/mol. The molecule has 1 unspecified atom stereocenters. The van der Waals surface area contributed by atoms with Crippen molar-refractivity contribution < 1.29 is 9.47 Å². The molecule has 100 valence electrons. The Kier molecular flexibility index (Phi) is 4.25. The van der Waals surface area contributed by atoms with E-state index in [1.54, 1.807) is 0 Å². The Balaban J connectivity index is 1.68. The van der Waals surface area contributed by atoms with Gasteiger partial charge >= 0.3 is 0 Å². The Hall–Kier alpha value is -1.06. The van der Waals surface area contributed by atoms with Crippen LogP contribution in [0, 0.1) is 12.3 Å². The molecule has 1 N–H and O–H groups in total. The van der Waals surface area contributed by atoms with E-state index < -0.39 is 0 Å². The highest BCUT2D eigenvalue weighted by Gasteiger charge is 2.33. The molecule has 1 aliphatic heterocycles. The van der Waals surface area contributed by atoms with Crippen molar-refractivity contribution in [2.24, 2.45) is 5.41 Å². The van der Waals surface area contributed by atoms with Crippen molar-refractivity contribution in [3.63, 3.8) is 0 Å². The van der Waals surface area contributed by atoms with Gasteiger partial charge in [-0.3, -0.25) is 0 Å². The smallest absolute Gasteiger partial charge is 0.119 e. The highest BCUT2D eigenvalue weighted by molar-refractivity contribution is 5.26. The summed E-state index contributed by atoms with van der Waals surface area (Å²) in [6.07, 6.45) is 0. The molecule has 1 saturated heterocycles. The fourth-order valence-electron chi connectivity index (χ4n) is 1.89. The third-order valence-electron chi connectivity index (χ3n) is 3.30. The standard InChI is InChI=1S/C15H23NO2/c1-12-4-6-14(7-5-12)18-8-13(2)16-9-15(3)10-17-11-15/h4-7,13,16H,8-11H2,1-3H3. The second-order valence-corrected chi connectivity index (χ2v) is 5.71. The lowest BCUT2D eigenvalue weighted by molar-refractivity contribution is -0.100. The molecule has 1 aromatic carbocycles. The van der Waals surface area contributed by atoms with E-state index in [1.807, 2.05) is 12.1 Å². The highest BCUT2D eigenvalue weighted by Crippen LogP contribution is 2.25. The molecule has 0 radical (unpaired) electrons. The van der Waals surface area contributed by atoms with E-state index in [0.29, 0.717) is 18.1 Å². The first kappa shape index (κ1) is 13.4. The quantitative estimate of drug-likeness (QED) is 0.839. The van der Waals surface area contributed by atoms with Gasteiger partial charge < -0.3 is 14.8 Å². The van der Waals surface area contributed by atoms with E-state index in [2.05, 4.69) is 38.2 Å². The zero-order valence-electron chi connectivity index (χ0n) is 11.5. The Bertz CT molecular complexity index is 371. The molecule has 0 amide bonds. The van der Waals surface area contributed by atoms with Crippen LogP contribution in [0.25, 0.3) is 0 Å². The van der Waals surface area contributed by atoms with Crippen LogP contribution >= 0.6 is 0 Å². The van der Waals surface area contributed by atoms with E-state index in [9.17, 15) is 0 Å². The number of nitrogens with one attached hydrogen (secondary N) is 1. The first-order valence-electron chi connectivity index (χ1n) is 6.58. The predicted octanol–water partition coefficient (Wildman–Crippen LogP) is 2.39. The Labute approximate surface area is 109 Å². The van der Waals surface area contributed by atoms with Crippen molar-refractivity contribution in [1.29, 1.82) is 0 Å². The van der Waals surface area contributed by atoms with Gasteiger partial charge in [0.1, 0.15) is 12.4 Å². The van der Waals surface area contributed by atoms with Crippen molar-refractivity contribution in [2.75, 3.05) is 26.4 Å². The maximum absolute atomic E-state index is 5.75. The third kappa shape index (κ3) is 3.72. The van der Waals surface area contributed by atoms with Gasteiger partial charge in [0.05, 0.1) is 13.2 Å². The normalized spacial score (nSPS) is 19.1. The minimum absolute atomic E-state index is 0.318. The molecule has 0 aliphatic carbocycles. The number of hydrogen-bond donors (Lipinski definition) is 1. The lowest BCUT2D eigenvalue weighted by Crippen LogP contribution is -2.49. The van der Waals surface area contributed by atoms with Gasteiger partial charge in [0.25, 0.3) is 0 Å². The van der Waals surface area contributed by atoms with Crippen LogP contribution in [0.4, 0.5) is 0 Å². The van der Waals surface area contributed by atoms with Crippen LogP contribution in [0.1, 0.15) is 19.4 Å². The fourth-order valence-corrected chi connectivity index (χ4v) is 1.89. The molecule has 0 bridgehead atoms. The van der Waals surface area contributed by atoms with Crippen molar-refractivity contribution in [2.45, 2.75) is 26.8 Å². The summed E-state index contributed by atoms with van der Waals surface area (Å²) in [5.41, 5.74) is 1.57. The average molecular weight is 249 g/mol. The van der Waals surface area contributed by atoms with E-state index in [1.165, 1.54) is 5.56 Å². The van der Waals surface area contributed by atoms with Gasteiger partial charge in [-0.15, -0.1) is 0 Å². The molecule has 0 aromatic heterocycles. The summed E-state index contributed by atoms with van der Waals surface area (Å²) < 4.78 is 11.0. The number of rotatable bonds is 6. The lowest BCUT2D eigenvalue weighted by Gasteiger charge is -2.39. The molecule has 3 nitrogen and oxygen atoms in total. The van der Waals surface area contributed by atoms with Crippen molar-refractivity contribution in [3.05, 3.63) is 29.8 Å². The number of hydrogen-bond acceptors (Lipinski definition) is 3. The lowest BCUT2D eigenvalue weighted by atomic mass is 9.88. The maximum Gasteiger partial charge on any atom is 0.119 e. The second kappa shape index (κ2) is 5.72. The molecule has 1 aliphatic rings. The molecule has 18 heavy (non-hydrogen) atoms. The van der Waals surface area contributed by atoms with Gasteiger partial charge in [-0.1, -0.05) is 24.6 Å². The summed E-state index contributed by atoms with van der Waals surface area (Å²) >= 11 is 0. The molecule has 2 rings (SSSR count). The summed E-state index contributed by atoms with van der Waals surface area (Å²) in [5, 5.41) is 3.50. The van der Waals surface area contributed by atoms with E-state index in [-0.39, 0.29) is 0 Å². The second-order valence-electron chi connectivity index (χ2n) is 5.71. The molecule has 0 saturated carbocycles. The Morgan fingerprint density at radius 3 is 2.56 bits per heavy atom. The van der Waals surface area contributed by atoms with Crippen LogP contribution in [-0.4, -0.2) is 32.4 Å². The number of aryl methyl sites for hydroxylation is 1. The fraction of sp³-hybridized carbons (Fsp3) is 0.600. The van der Waals surface area contributed by atoms with Crippen LogP contribution in [0.3, 0.4) is 0 Å². The van der Waals surface area contributed by atoms with Gasteiger partial charge in [0, 0.05) is 18.0 Å². The molecule has 1 aromatic rings. The molecule has 1 atom stereocenters. The largest absolute Gasteiger partial charge is 0.492 e. The molecular formula is C15H23NO2. The van der Waals surface area contributed by atoms with E-state index in [0.717, 1.165) is 25.5 Å². The number of ether oxygens (including phenoxy) is 2. The zero-order valence-corrected chi connectivity index (χ0v) is 11.5. The van der Waals surface area contributed by atoms with Crippen molar-refractivity contribution in [1.82, 2.24) is 5.32 Å². The van der Waals surface area contributed by atoms with Gasteiger partial charge in [0.15, 0.2) is 0 Å². The number of benzene rings is 1. The average Bonchev–Trinajstić information content (AvgIpc) is 2.33. The van der Waals surface area contributed by atoms with Crippen LogP contribution in [0.2, 0.25) is 0 Å². The van der Waals surface area contributed by atoms with E-state index >= 15 is 0 Å². The van der Waals surface area contributed by atoms with Crippen LogP contribution < -0.4 is 10.1 Å². The topological polar surface area (TPSA) is 30.5 Å². The molecule has 3 heteroatoms. The summed E-state index contributed by atoms with van der Waals surface area (Å²) in [7, 11) is 0. The summed E-state index contributed by atoms with van der Waals surface area (Å²) in [6, 6.07) is 8.52. The van der Waals surface area contributed by atoms with Gasteiger partial charge in [0.2, 0.25) is 0 Å². The minimum Gasteiger partial charge on any atom is -0.492 e. The molecule has 1 heterocycles. The molecule has 0 spiro atoms. The molecule has 1 fully saturated rings. The summed E-state index contributed by atoms with van der Waals surface area (Å²) in [5.74, 6) is 0.937. The van der Waals surface area contributed by atoms with Crippen molar-refractivity contribution in [3.8, 4) is 5.75 Å². The van der Waals surface area contributed by atoms with Crippen LogP contribution in [0.15, 0.2) is 24.3 Å². The van der Waals surface area contributed by atoms with Crippen molar-refractivity contribution >= 4 is 0 Å². The van der Waals surface area contributed by atoms with Gasteiger partial charge in [-0.05, 0) is 26.0 Å². The van der Waals surface area contributed by atoms with Gasteiger partial charge in [-0.2, -0.15) is 0 Å². The monoisotopic (exact) mass is 249 g/mol. The third-order valence-corrected chi connectivity index (χ3v) is 3.30. The van der Waals surface area contributed by atoms with E-state index in [4.69, 9.17) is 9.47 Å². The van der Waals surface area contributed by atoms with Crippen LogP contribution in [0.5, 0.6) is 5.75 Å². The van der Waals surface area contributed by atoms with Gasteiger partial charge in [-0.25, -0.2) is 0 Å². The summed E-state index contributed by atoms with van der Waals surface area (Å²) in [6.45, 7) is 9.89. The Morgan fingerprint density at radius 1 is 1.33 bits per heavy atom. The first-order valence-corrected chi connectivity index (χ1v) is 6.58. The maximum atomic E-state index is 5.75. The zero-order chi connectivity index (χ0) is 13.0. The minimum atomic E-state index is 0.318. The SMILES string of the molecule is Cc1ccc(OCC(C)NCC2(C)COC2)cc1. The first-order chi connectivity index (χ1) is 8.57. The Morgan fingerprint density at radius 2 is 2.00 bits per heavy atom. The van der Waals surface area contributed by atoms with Crippen LogP contribution in [-0.2, 0) is 4.74 Å². The summed E-state index contributed by atoms with van der Waals surface area (Å²) in [4.78, 5) is 0. The molecular weight excluding hydrogens is 226 g/mol. The highest BCUT2D eigenvalue weighted by atomic mass is 16.5.